The number of rotatable bonds is 12. The van der Waals surface area contributed by atoms with E-state index in [1.54, 1.807) is 13.0 Å². The molecule has 0 unspecified atom stereocenters. The van der Waals surface area contributed by atoms with Gasteiger partial charge in [-0.3, -0.25) is 9.59 Å². The van der Waals surface area contributed by atoms with Gasteiger partial charge in [-0.15, -0.1) is 0 Å². The van der Waals surface area contributed by atoms with Crippen LogP contribution in [0.4, 0.5) is 0 Å². The Morgan fingerprint density at radius 2 is 1.85 bits per heavy atom. The average Bonchev–Trinajstić information content (AvgIpc) is 2.76. The summed E-state index contributed by atoms with van der Waals surface area (Å²) in [7, 11) is 4.05. The first kappa shape index (κ1) is 27.2. The highest BCUT2D eigenvalue weighted by molar-refractivity contribution is 6.07. The number of carbonyl (C=O) groups is 2. The molecule has 186 valence electrons. The Bertz CT molecular complexity index is 943. The smallest absolute Gasteiger partial charge is 0.268 e. The third kappa shape index (κ3) is 9.43. The topological polar surface area (TPSA) is 79.9 Å². The van der Waals surface area contributed by atoms with Crippen molar-refractivity contribution in [1.29, 1.82) is 0 Å². The molecule has 2 amide bonds. The van der Waals surface area contributed by atoms with Crippen LogP contribution in [0.25, 0.3) is 6.08 Å². The van der Waals surface area contributed by atoms with Gasteiger partial charge in [0, 0.05) is 6.54 Å². The summed E-state index contributed by atoms with van der Waals surface area (Å²) in [4.78, 5) is 26.3. The minimum atomic E-state index is -0.547. The van der Waals surface area contributed by atoms with E-state index in [0.717, 1.165) is 31.4 Å². The first-order chi connectivity index (χ1) is 16.2. The molecule has 0 aliphatic carbocycles. The number of hydrogen-bond donors (Lipinski definition) is 2. The van der Waals surface area contributed by atoms with Gasteiger partial charge in [-0.25, -0.2) is 0 Å². The van der Waals surface area contributed by atoms with Crippen LogP contribution in [0.15, 0.2) is 47.2 Å². The first-order valence-corrected chi connectivity index (χ1v) is 11.8. The predicted octanol–water partition coefficient (Wildman–Crippen LogP) is 4.06. The number of benzene rings is 1. The molecule has 1 aromatic rings. The lowest BCUT2D eigenvalue weighted by molar-refractivity contribution is -0.130. The number of allylic oxidation sites excluding steroid dienone is 3. The van der Waals surface area contributed by atoms with Crippen LogP contribution in [0.3, 0.4) is 0 Å². The van der Waals surface area contributed by atoms with Crippen molar-refractivity contribution in [1.82, 2.24) is 15.5 Å². The zero-order valence-corrected chi connectivity index (χ0v) is 21.4. The van der Waals surface area contributed by atoms with Crippen molar-refractivity contribution >= 4 is 17.9 Å². The second-order valence-corrected chi connectivity index (χ2v) is 9.14. The quantitative estimate of drug-likeness (QED) is 0.274. The third-order valence-electron chi connectivity index (χ3n) is 5.29. The van der Waals surface area contributed by atoms with Gasteiger partial charge in [0.05, 0.1) is 6.61 Å². The van der Waals surface area contributed by atoms with Crippen molar-refractivity contribution in [2.75, 3.05) is 33.9 Å². The maximum Gasteiger partial charge on any atom is 0.268 e. The monoisotopic (exact) mass is 469 g/mol. The van der Waals surface area contributed by atoms with E-state index < -0.39 is 6.04 Å². The normalized spacial score (nSPS) is 17.4. The number of hydrogen-bond acceptors (Lipinski definition) is 5. The molecule has 1 aromatic carbocycles. The predicted molar refractivity (Wildman–Crippen MR) is 137 cm³/mol. The molecule has 0 radical (unpaired) electrons. The van der Waals surface area contributed by atoms with E-state index in [9.17, 15) is 9.59 Å². The minimum absolute atomic E-state index is 0.213. The Labute approximate surface area is 203 Å². The van der Waals surface area contributed by atoms with Crippen LogP contribution >= 0.6 is 0 Å². The van der Waals surface area contributed by atoms with Crippen LogP contribution in [-0.4, -0.2) is 56.6 Å². The van der Waals surface area contributed by atoms with Crippen molar-refractivity contribution in [3.8, 4) is 11.5 Å². The van der Waals surface area contributed by atoms with E-state index in [2.05, 4.69) is 48.5 Å². The standard InChI is InChI=1S/C27H39N3O4/c1-19(2)9-7-10-20(3)13-16-34-24-12-11-22(18-25(24)33-15-8-14-30(5)6)17-23-27(32)28-21(4)26(31)29-23/h9,11-13,17-18,21H,7-8,10,14-16H2,1-6H3,(H,28,32)(H,29,31)/b20-13+,23-17-/t21-/m1/s1. The number of piperazine rings is 1. The number of nitrogens with one attached hydrogen (secondary N) is 2. The van der Waals surface area contributed by atoms with E-state index in [1.807, 2.05) is 32.3 Å². The van der Waals surface area contributed by atoms with Crippen molar-refractivity contribution in [2.45, 2.75) is 53.0 Å². The van der Waals surface area contributed by atoms with Crippen LogP contribution in [0.5, 0.6) is 11.5 Å². The van der Waals surface area contributed by atoms with Crippen LogP contribution in [0, 0.1) is 0 Å². The van der Waals surface area contributed by atoms with Gasteiger partial charge < -0.3 is 25.0 Å². The maximum absolute atomic E-state index is 12.2. The van der Waals surface area contributed by atoms with E-state index >= 15 is 0 Å². The van der Waals surface area contributed by atoms with Gasteiger partial charge in [0.15, 0.2) is 11.5 Å². The molecule has 0 spiro atoms. The summed E-state index contributed by atoms with van der Waals surface area (Å²) in [5.74, 6) is 0.707. The molecule has 2 rings (SSSR count). The molecule has 34 heavy (non-hydrogen) atoms. The van der Waals surface area contributed by atoms with Gasteiger partial charge in [-0.1, -0.05) is 23.3 Å². The van der Waals surface area contributed by atoms with Crippen LogP contribution in [0.1, 0.15) is 52.5 Å². The summed E-state index contributed by atoms with van der Waals surface area (Å²) in [5.41, 5.74) is 3.56. The Kier molecular flexibility index (Phi) is 10.9. The molecule has 7 heteroatoms. The molecule has 1 atom stereocenters. The van der Waals surface area contributed by atoms with Crippen LogP contribution < -0.4 is 20.1 Å². The van der Waals surface area contributed by atoms with E-state index in [-0.39, 0.29) is 17.5 Å². The van der Waals surface area contributed by atoms with Crippen LogP contribution in [-0.2, 0) is 9.59 Å². The Balaban J connectivity index is 2.13. The fraction of sp³-hybridized carbons (Fsp3) is 0.481. The number of carbonyl (C=O) groups excluding carboxylic acids is 2. The third-order valence-corrected chi connectivity index (χ3v) is 5.29. The molecule has 0 saturated carbocycles. The Hall–Kier alpha value is -3.06. The molecular weight excluding hydrogens is 430 g/mol. The van der Waals surface area contributed by atoms with Gasteiger partial charge in [0.2, 0.25) is 5.91 Å². The summed E-state index contributed by atoms with van der Waals surface area (Å²) in [6.07, 6.45) is 8.87. The molecule has 1 aliphatic rings. The lowest BCUT2D eigenvalue weighted by Crippen LogP contribution is -2.53. The Morgan fingerprint density at radius 1 is 1.09 bits per heavy atom. The second-order valence-electron chi connectivity index (χ2n) is 9.14. The largest absolute Gasteiger partial charge is 0.490 e. The Morgan fingerprint density at radius 3 is 2.56 bits per heavy atom. The van der Waals surface area contributed by atoms with Gasteiger partial charge in [-0.2, -0.15) is 0 Å². The lowest BCUT2D eigenvalue weighted by Gasteiger charge is -2.22. The van der Waals surface area contributed by atoms with Gasteiger partial charge in [0.1, 0.15) is 18.3 Å². The summed E-state index contributed by atoms with van der Waals surface area (Å²) < 4.78 is 12.0. The molecule has 1 heterocycles. The van der Waals surface area contributed by atoms with Gasteiger partial charge >= 0.3 is 0 Å². The van der Waals surface area contributed by atoms with E-state index in [1.165, 1.54) is 11.1 Å². The lowest BCUT2D eigenvalue weighted by atomic mass is 10.1. The second kappa shape index (κ2) is 13.6. The minimum Gasteiger partial charge on any atom is -0.490 e. The van der Waals surface area contributed by atoms with Crippen molar-refractivity contribution in [3.05, 3.63) is 52.8 Å². The zero-order chi connectivity index (χ0) is 25.1. The molecule has 1 fully saturated rings. The number of ether oxygens (including phenoxy) is 2. The molecule has 0 aromatic heterocycles. The maximum atomic E-state index is 12.2. The SMILES string of the molecule is CC(C)=CCC/C(C)=C/COc1ccc(/C=C2\NC(=O)[C@@H](C)NC2=O)cc1OCCCN(C)C. The number of nitrogens with zero attached hydrogens (tertiary/aromatic N) is 1. The average molecular weight is 470 g/mol. The van der Waals surface area contributed by atoms with Crippen LogP contribution in [0.2, 0.25) is 0 Å². The van der Waals surface area contributed by atoms with E-state index in [4.69, 9.17) is 9.47 Å². The molecule has 1 aliphatic heterocycles. The molecule has 0 bridgehead atoms. The summed E-state index contributed by atoms with van der Waals surface area (Å²) in [5, 5.41) is 5.30. The van der Waals surface area contributed by atoms with Crippen molar-refractivity contribution in [3.63, 3.8) is 0 Å². The summed E-state index contributed by atoms with van der Waals surface area (Å²) in [6, 6.07) is 4.97. The number of amides is 2. The highest BCUT2D eigenvalue weighted by Gasteiger charge is 2.26. The van der Waals surface area contributed by atoms with Crippen molar-refractivity contribution in [2.24, 2.45) is 0 Å². The highest BCUT2D eigenvalue weighted by Crippen LogP contribution is 2.30. The first-order valence-electron chi connectivity index (χ1n) is 11.8. The molecular formula is C27H39N3O4. The molecule has 7 nitrogen and oxygen atoms in total. The fourth-order valence-corrected chi connectivity index (χ4v) is 3.28. The summed E-state index contributed by atoms with van der Waals surface area (Å²) >= 11 is 0. The van der Waals surface area contributed by atoms with Crippen molar-refractivity contribution < 1.29 is 19.1 Å². The molecule has 1 saturated heterocycles. The van der Waals surface area contributed by atoms with Gasteiger partial charge in [-0.05, 0) is 90.9 Å². The highest BCUT2D eigenvalue weighted by atomic mass is 16.5. The fourth-order valence-electron chi connectivity index (χ4n) is 3.28. The van der Waals surface area contributed by atoms with E-state index in [0.29, 0.717) is 24.7 Å². The molecule has 2 N–H and O–H groups in total. The summed E-state index contributed by atoms with van der Waals surface area (Å²) in [6.45, 7) is 9.88. The zero-order valence-electron chi connectivity index (χ0n) is 21.4. The van der Waals surface area contributed by atoms with Gasteiger partial charge in [0.25, 0.3) is 5.91 Å².